The molecule has 4 amide bonds. The molecule has 2 aromatic heterocycles. The molecule has 0 aliphatic carbocycles. The lowest BCUT2D eigenvalue weighted by Gasteiger charge is -2.42. The minimum atomic E-state index is -5.01. The van der Waals surface area contributed by atoms with Crippen molar-refractivity contribution in [2.75, 3.05) is 66.4 Å². The number of carboxylic acid groups (broad SMARTS) is 1. The Hall–Kier alpha value is -7.14. The van der Waals surface area contributed by atoms with Crippen LogP contribution >= 0.6 is 11.6 Å². The van der Waals surface area contributed by atoms with Gasteiger partial charge >= 0.3 is 36.1 Å². The van der Waals surface area contributed by atoms with Crippen LogP contribution in [0.15, 0.2) is 79.0 Å². The number of nitrogens with zero attached hydrogens (tertiary/aromatic N) is 6. The van der Waals surface area contributed by atoms with Gasteiger partial charge in [-0.3, -0.25) is 4.79 Å². The molecule has 0 spiro atoms. The molecule has 65 heavy (non-hydrogen) atoms. The number of carboxylic acids is 1. The number of halogens is 4. The predicted octanol–water partition coefficient (Wildman–Crippen LogP) is 7.44. The van der Waals surface area contributed by atoms with Gasteiger partial charge in [-0.15, -0.1) is 0 Å². The monoisotopic (exact) mass is 921 g/mol. The summed E-state index contributed by atoms with van der Waals surface area (Å²) in [5.41, 5.74) is -1.04. The molecular formula is C44H47ClF3N9O8. The Bertz CT molecular complexity index is 2350. The number of urea groups is 2. The molecule has 2 aliphatic heterocycles. The van der Waals surface area contributed by atoms with Gasteiger partial charge in [0, 0.05) is 62.8 Å². The van der Waals surface area contributed by atoms with E-state index in [1.54, 1.807) is 49.4 Å². The number of esters is 2. The molecule has 1 unspecified atom stereocenters. The van der Waals surface area contributed by atoms with Gasteiger partial charge in [0.1, 0.15) is 17.7 Å². The van der Waals surface area contributed by atoms with E-state index in [0.717, 1.165) is 24.6 Å². The second-order valence-corrected chi connectivity index (χ2v) is 15.0. The van der Waals surface area contributed by atoms with E-state index in [1.165, 1.54) is 22.9 Å². The third-order valence-corrected chi connectivity index (χ3v) is 10.4. The summed E-state index contributed by atoms with van der Waals surface area (Å²) in [7, 11) is 0. The van der Waals surface area contributed by atoms with Gasteiger partial charge in [-0.2, -0.15) is 18.4 Å². The highest BCUT2D eigenvalue weighted by molar-refractivity contribution is 6.33. The molecule has 0 saturated carbocycles. The van der Waals surface area contributed by atoms with E-state index in [0.29, 0.717) is 41.8 Å². The molecule has 2 saturated heterocycles. The molecule has 6 rings (SSSR count). The second kappa shape index (κ2) is 23.0. The van der Waals surface area contributed by atoms with Crippen LogP contribution in [0.25, 0.3) is 0 Å². The van der Waals surface area contributed by atoms with Gasteiger partial charge in [0.15, 0.2) is 5.69 Å². The summed E-state index contributed by atoms with van der Waals surface area (Å²) in [6, 6.07) is 20.7. The maximum atomic E-state index is 13.8. The van der Waals surface area contributed by atoms with Crippen molar-refractivity contribution in [2.45, 2.75) is 57.8 Å². The van der Waals surface area contributed by atoms with E-state index in [1.807, 2.05) is 30.3 Å². The Morgan fingerprint density at radius 1 is 0.862 bits per heavy atom. The molecule has 4 N–H and O–H groups in total. The molecule has 2 fully saturated rings. The van der Waals surface area contributed by atoms with Crippen LogP contribution in [0.3, 0.4) is 0 Å². The standard InChI is InChI=1S/C24H24F3N5O5.C20H23ClN4O3/c1-2-37-22(35)18-12-15(13-28)21(30-20(18)24(25,26)27)31-10-11-32(17(14-31)8-9-19(33)34)23(36)29-16-6-4-3-5-7-16;1-2-28-19(26)14-12-17(21)18(22-13-14)25-10-8-16(9-11-25)24-20(27)23-15-6-4-3-5-7-15/h3-7,12,17H,2,8-11,14H2,1H3,(H,29,36)(H,33,34);3-7,12-13,16H,2,8-11H2,1H3,(H2,23,24,27). The van der Waals surface area contributed by atoms with Crippen molar-refractivity contribution in [3.63, 3.8) is 0 Å². The molecule has 0 bridgehead atoms. The molecule has 21 heteroatoms. The van der Waals surface area contributed by atoms with Gasteiger partial charge < -0.3 is 45.2 Å². The average Bonchev–Trinajstić information content (AvgIpc) is 3.28. The zero-order valence-corrected chi connectivity index (χ0v) is 36.2. The Balaban J connectivity index is 0.000000253. The number of aliphatic carboxylic acids is 1. The van der Waals surface area contributed by atoms with Crippen molar-refractivity contribution in [1.29, 1.82) is 5.26 Å². The van der Waals surface area contributed by atoms with Gasteiger partial charge in [-0.25, -0.2) is 29.1 Å². The van der Waals surface area contributed by atoms with E-state index < -0.39 is 47.4 Å². The summed E-state index contributed by atoms with van der Waals surface area (Å²) in [6.45, 7) is 4.70. The zero-order chi connectivity index (χ0) is 47.1. The number of benzene rings is 2. The second-order valence-electron chi connectivity index (χ2n) is 14.6. The van der Waals surface area contributed by atoms with Crippen LogP contribution in [0.2, 0.25) is 5.02 Å². The molecule has 2 aliphatic rings. The molecule has 344 valence electrons. The van der Waals surface area contributed by atoms with Crippen LogP contribution in [-0.4, -0.2) is 108 Å². The number of carbonyl (C=O) groups is 5. The fraction of sp³-hybridized carbons (Fsp3) is 0.364. The number of alkyl halides is 3. The van der Waals surface area contributed by atoms with Crippen LogP contribution in [0.4, 0.5) is 45.8 Å². The van der Waals surface area contributed by atoms with Crippen molar-refractivity contribution in [1.82, 2.24) is 20.2 Å². The van der Waals surface area contributed by atoms with Crippen molar-refractivity contribution < 1.29 is 51.7 Å². The number of rotatable bonds is 12. The van der Waals surface area contributed by atoms with E-state index >= 15 is 0 Å². The van der Waals surface area contributed by atoms with Crippen LogP contribution in [-0.2, 0) is 20.4 Å². The fourth-order valence-electron chi connectivity index (χ4n) is 7.08. The number of carbonyl (C=O) groups excluding carboxylic acids is 4. The van der Waals surface area contributed by atoms with E-state index in [2.05, 4.69) is 30.8 Å². The Morgan fingerprint density at radius 3 is 2.05 bits per heavy atom. The smallest absolute Gasteiger partial charge is 0.434 e. The van der Waals surface area contributed by atoms with Gasteiger partial charge in [0.05, 0.1) is 41.0 Å². The largest absolute Gasteiger partial charge is 0.481 e. The first kappa shape index (κ1) is 48.9. The van der Waals surface area contributed by atoms with E-state index in [4.69, 9.17) is 26.2 Å². The highest BCUT2D eigenvalue weighted by Gasteiger charge is 2.41. The lowest BCUT2D eigenvalue weighted by atomic mass is 10.0. The van der Waals surface area contributed by atoms with E-state index in [9.17, 15) is 42.4 Å². The molecule has 17 nitrogen and oxygen atoms in total. The Labute approximate surface area is 377 Å². The van der Waals surface area contributed by atoms with E-state index in [-0.39, 0.29) is 62.5 Å². The van der Waals surface area contributed by atoms with Crippen molar-refractivity contribution in [3.8, 4) is 6.07 Å². The van der Waals surface area contributed by atoms with Crippen LogP contribution in [0.1, 0.15) is 71.5 Å². The van der Waals surface area contributed by atoms with Crippen molar-refractivity contribution >= 4 is 64.6 Å². The van der Waals surface area contributed by atoms with Gasteiger partial charge in [0.2, 0.25) is 0 Å². The minimum Gasteiger partial charge on any atom is -0.481 e. The van der Waals surface area contributed by atoms with Crippen LogP contribution in [0.5, 0.6) is 0 Å². The number of pyridine rings is 2. The zero-order valence-electron chi connectivity index (χ0n) is 35.4. The molecule has 4 aromatic rings. The van der Waals surface area contributed by atoms with Gasteiger partial charge in [0.25, 0.3) is 0 Å². The van der Waals surface area contributed by atoms with Crippen LogP contribution in [0, 0.1) is 11.3 Å². The summed E-state index contributed by atoms with van der Waals surface area (Å²) in [5, 5.41) is 27.8. The topological polar surface area (TPSA) is 219 Å². The number of para-hydroxylation sites is 2. The predicted molar refractivity (Wildman–Crippen MR) is 234 cm³/mol. The van der Waals surface area contributed by atoms with Crippen molar-refractivity contribution in [2.24, 2.45) is 0 Å². The Kier molecular flexibility index (Phi) is 17.3. The quantitative estimate of drug-likeness (QED) is 0.102. The average molecular weight is 922 g/mol. The molecule has 2 aromatic carbocycles. The maximum Gasteiger partial charge on any atom is 0.434 e. The first-order valence-electron chi connectivity index (χ1n) is 20.6. The Morgan fingerprint density at radius 2 is 1.48 bits per heavy atom. The normalized spacial score (nSPS) is 15.1. The maximum absolute atomic E-state index is 13.8. The lowest BCUT2D eigenvalue weighted by molar-refractivity contribution is -0.141. The highest BCUT2D eigenvalue weighted by atomic mass is 35.5. The SMILES string of the molecule is CCOC(=O)c1cc(C#N)c(N2CCN(C(=O)Nc3ccccc3)C(CCC(=O)O)C2)nc1C(F)(F)F.CCOC(=O)c1cnc(N2CCC(NC(=O)Nc3ccccc3)CC2)c(Cl)c1. The number of anilines is 4. The number of piperazine rings is 1. The van der Waals surface area contributed by atoms with Crippen molar-refractivity contribution in [3.05, 3.63) is 106 Å². The summed E-state index contributed by atoms with van der Waals surface area (Å²) >= 11 is 6.33. The molecular weight excluding hydrogens is 875 g/mol. The number of nitrogens with one attached hydrogen (secondary N) is 3. The summed E-state index contributed by atoms with van der Waals surface area (Å²) in [5.74, 6) is -2.47. The number of aromatic nitrogens is 2. The summed E-state index contributed by atoms with van der Waals surface area (Å²) in [4.78, 5) is 73.1. The molecule has 4 heterocycles. The van der Waals surface area contributed by atoms with Crippen LogP contribution < -0.4 is 25.8 Å². The molecule has 1 atom stereocenters. The lowest BCUT2D eigenvalue weighted by Crippen LogP contribution is -2.56. The third-order valence-electron chi connectivity index (χ3n) is 10.1. The first-order valence-corrected chi connectivity index (χ1v) is 21.0. The number of hydrogen-bond acceptors (Lipinski definition) is 12. The third kappa shape index (κ3) is 13.7. The number of amides is 4. The highest BCUT2D eigenvalue weighted by Crippen LogP contribution is 2.35. The fourth-order valence-corrected chi connectivity index (χ4v) is 7.36. The first-order chi connectivity index (χ1) is 31.1. The molecule has 0 radical (unpaired) electrons. The number of ether oxygens (including phenoxy) is 2. The number of hydrogen-bond donors (Lipinski definition) is 4. The number of piperidine rings is 1. The van der Waals surface area contributed by atoms with Gasteiger partial charge in [-0.1, -0.05) is 48.0 Å². The number of nitriles is 1. The summed E-state index contributed by atoms with van der Waals surface area (Å²) in [6.07, 6.45) is -2.24. The minimum absolute atomic E-state index is 0.0168. The summed E-state index contributed by atoms with van der Waals surface area (Å²) < 4.78 is 51.0. The van der Waals surface area contributed by atoms with Gasteiger partial charge in [-0.05, 0) is 69.5 Å².